The van der Waals surface area contributed by atoms with Crippen molar-refractivity contribution < 1.29 is 14.0 Å². The topological polar surface area (TPSA) is 55.9 Å². The Hall–Kier alpha value is -1.83. The summed E-state index contributed by atoms with van der Waals surface area (Å²) in [7, 11) is 2.05. The van der Waals surface area contributed by atoms with Crippen LogP contribution in [0, 0.1) is 5.82 Å². The molecule has 0 aromatic heterocycles. The molecule has 2 amide bonds. The van der Waals surface area contributed by atoms with Crippen LogP contribution in [0.25, 0.3) is 0 Å². The van der Waals surface area contributed by atoms with Crippen molar-refractivity contribution in [1.29, 1.82) is 0 Å². The van der Waals surface area contributed by atoms with Gasteiger partial charge in [-0.3, -0.25) is 9.59 Å². The number of hydrogen-bond acceptors (Lipinski definition) is 5. The van der Waals surface area contributed by atoms with E-state index in [2.05, 4.69) is 17.4 Å². The number of amides is 2. The molecule has 2 fully saturated rings. The summed E-state index contributed by atoms with van der Waals surface area (Å²) in [6.07, 6.45) is 0.128. The Morgan fingerprint density at radius 2 is 1.73 bits per heavy atom. The van der Waals surface area contributed by atoms with Crippen LogP contribution in [0.3, 0.4) is 0 Å². The maximum absolute atomic E-state index is 13.0. The fourth-order valence-electron chi connectivity index (χ4n) is 2.75. The zero-order valence-electron chi connectivity index (χ0n) is 12.5. The second-order valence-electron chi connectivity index (χ2n) is 5.72. The molecule has 22 heavy (non-hydrogen) atoms. The van der Waals surface area contributed by atoms with Crippen LogP contribution in [-0.4, -0.2) is 61.0 Å². The molecule has 1 N–H and O–H groups in total. The number of imide groups is 1. The molecule has 1 aromatic rings. The molecule has 1 atom stereocenters. The molecule has 118 valence electrons. The Morgan fingerprint density at radius 3 is 2.36 bits per heavy atom. The summed E-state index contributed by atoms with van der Waals surface area (Å²) >= 11 is 0. The number of anilines is 1. The molecule has 2 heterocycles. The number of halogens is 1. The van der Waals surface area contributed by atoms with Gasteiger partial charge in [0.25, 0.3) is 5.91 Å². The van der Waals surface area contributed by atoms with Gasteiger partial charge in [0, 0.05) is 26.2 Å². The minimum atomic E-state index is -0.541. The van der Waals surface area contributed by atoms with Crippen LogP contribution >= 0.6 is 0 Å². The molecule has 0 aliphatic carbocycles. The summed E-state index contributed by atoms with van der Waals surface area (Å²) < 4.78 is 13.0. The predicted molar refractivity (Wildman–Crippen MR) is 79.5 cm³/mol. The van der Waals surface area contributed by atoms with E-state index in [0.717, 1.165) is 31.1 Å². The monoisotopic (exact) mass is 306 g/mol. The number of nitrogens with zero attached hydrogens (tertiary/aromatic N) is 3. The van der Waals surface area contributed by atoms with Gasteiger partial charge in [-0.25, -0.2) is 19.7 Å². The van der Waals surface area contributed by atoms with Gasteiger partial charge in [-0.2, -0.15) is 0 Å². The third-order valence-electron chi connectivity index (χ3n) is 4.07. The van der Waals surface area contributed by atoms with Crippen molar-refractivity contribution in [2.24, 2.45) is 0 Å². The van der Waals surface area contributed by atoms with Crippen molar-refractivity contribution >= 4 is 17.5 Å². The minimum Gasteiger partial charge on any atom is -0.304 e. The number of hydrazine groups is 1. The number of carbonyl (C=O) groups excluding carboxylic acids is 2. The van der Waals surface area contributed by atoms with Gasteiger partial charge < -0.3 is 4.90 Å². The van der Waals surface area contributed by atoms with E-state index in [1.165, 1.54) is 24.3 Å². The van der Waals surface area contributed by atoms with Gasteiger partial charge in [0.05, 0.1) is 12.1 Å². The van der Waals surface area contributed by atoms with Gasteiger partial charge in [-0.15, -0.1) is 0 Å². The molecule has 0 bridgehead atoms. The van der Waals surface area contributed by atoms with Crippen LogP contribution in [0.5, 0.6) is 0 Å². The molecule has 1 unspecified atom stereocenters. The first-order valence-corrected chi connectivity index (χ1v) is 7.36. The molecule has 1 aromatic carbocycles. The van der Waals surface area contributed by atoms with Crippen LogP contribution in [-0.2, 0) is 9.59 Å². The quantitative estimate of drug-likeness (QED) is 0.809. The summed E-state index contributed by atoms with van der Waals surface area (Å²) in [6, 6.07) is 4.85. The van der Waals surface area contributed by atoms with E-state index in [9.17, 15) is 14.0 Å². The van der Waals surface area contributed by atoms with E-state index in [1.807, 2.05) is 5.01 Å². The molecule has 3 rings (SSSR count). The van der Waals surface area contributed by atoms with Crippen molar-refractivity contribution in [1.82, 2.24) is 15.3 Å². The van der Waals surface area contributed by atoms with Gasteiger partial charge in [-0.05, 0) is 31.3 Å². The smallest absolute Gasteiger partial charge is 0.252 e. The maximum atomic E-state index is 13.0. The van der Waals surface area contributed by atoms with Crippen molar-refractivity contribution in [2.45, 2.75) is 12.5 Å². The lowest BCUT2D eigenvalue weighted by atomic mass is 10.2. The first-order chi connectivity index (χ1) is 10.5. The number of carbonyl (C=O) groups is 2. The average molecular weight is 306 g/mol. The summed E-state index contributed by atoms with van der Waals surface area (Å²) in [5.74, 6) is -0.936. The fourth-order valence-corrected chi connectivity index (χ4v) is 2.75. The fraction of sp³-hybridized carbons (Fsp3) is 0.467. The first kappa shape index (κ1) is 15.1. The first-order valence-electron chi connectivity index (χ1n) is 7.36. The molecular weight excluding hydrogens is 287 g/mol. The lowest BCUT2D eigenvalue weighted by molar-refractivity contribution is -0.122. The highest BCUT2D eigenvalue weighted by molar-refractivity contribution is 6.22. The standard InChI is InChI=1S/C15H19FN4O2/c1-18-6-8-19(9-7-18)17-13-10-14(21)20(15(13)22)12-4-2-11(16)3-5-12/h2-5,13,17H,6-10H2,1H3. The van der Waals surface area contributed by atoms with E-state index in [4.69, 9.17) is 0 Å². The van der Waals surface area contributed by atoms with E-state index in [0.29, 0.717) is 5.69 Å². The van der Waals surface area contributed by atoms with Crippen LogP contribution in [0.1, 0.15) is 6.42 Å². The van der Waals surface area contributed by atoms with E-state index < -0.39 is 11.9 Å². The summed E-state index contributed by atoms with van der Waals surface area (Å²) in [4.78, 5) is 27.9. The molecule has 2 saturated heterocycles. The van der Waals surface area contributed by atoms with Crippen LogP contribution < -0.4 is 10.3 Å². The molecule has 6 nitrogen and oxygen atoms in total. The average Bonchev–Trinajstić information content (AvgIpc) is 2.77. The third-order valence-corrected chi connectivity index (χ3v) is 4.07. The lowest BCUT2D eigenvalue weighted by Crippen LogP contribution is -2.55. The number of piperazine rings is 1. The van der Waals surface area contributed by atoms with Crippen molar-refractivity contribution in [2.75, 3.05) is 38.1 Å². The van der Waals surface area contributed by atoms with Gasteiger partial charge in [0.2, 0.25) is 5.91 Å². The van der Waals surface area contributed by atoms with Crippen molar-refractivity contribution in [3.05, 3.63) is 30.1 Å². The highest BCUT2D eigenvalue weighted by Gasteiger charge is 2.40. The van der Waals surface area contributed by atoms with E-state index >= 15 is 0 Å². The Labute approximate surface area is 128 Å². The second-order valence-corrected chi connectivity index (χ2v) is 5.72. The number of rotatable bonds is 3. The van der Waals surface area contributed by atoms with Gasteiger partial charge >= 0.3 is 0 Å². The molecule has 2 aliphatic heterocycles. The van der Waals surface area contributed by atoms with Gasteiger partial charge in [0.15, 0.2) is 0 Å². The second kappa shape index (κ2) is 6.12. The highest BCUT2D eigenvalue weighted by Crippen LogP contribution is 2.23. The molecule has 0 saturated carbocycles. The van der Waals surface area contributed by atoms with Crippen LogP contribution in [0.4, 0.5) is 10.1 Å². The number of nitrogens with one attached hydrogen (secondary N) is 1. The molecular formula is C15H19FN4O2. The van der Waals surface area contributed by atoms with Gasteiger partial charge in [0.1, 0.15) is 11.9 Å². The SMILES string of the molecule is CN1CCN(NC2CC(=O)N(c3ccc(F)cc3)C2=O)CC1. The van der Waals surface area contributed by atoms with Gasteiger partial charge in [-0.1, -0.05) is 0 Å². The molecule has 0 spiro atoms. The lowest BCUT2D eigenvalue weighted by Gasteiger charge is -2.33. The zero-order chi connectivity index (χ0) is 15.7. The summed E-state index contributed by atoms with van der Waals surface area (Å²) in [5, 5.41) is 1.99. The Kier molecular flexibility index (Phi) is 4.19. The number of likely N-dealkylation sites (N-methyl/N-ethyl adjacent to an activating group) is 1. The Morgan fingerprint density at radius 1 is 1.09 bits per heavy atom. The summed E-state index contributed by atoms with van der Waals surface area (Å²) in [6.45, 7) is 3.46. The third kappa shape index (κ3) is 3.01. The van der Waals surface area contributed by atoms with Crippen LogP contribution in [0.15, 0.2) is 24.3 Å². The molecule has 7 heteroatoms. The minimum absolute atomic E-state index is 0.128. The molecule has 0 radical (unpaired) electrons. The zero-order valence-corrected chi connectivity index (χ0v) is 12.5. The van der Waals surface area contributed by atoms with Crippen LogP contribution in [0.2, 0.25) is 0 Å². The highest BCUT2D eigenvalue weighted by atomic mass is 19.1. The Bertz CT molecular complexity index is 569. The van der Waals surface area contributed by atoms with Crippen molar-refractivity contribution in [3.8, 4) is 0 Å². The molecule has 2 aliphatic rings. The Balaban J connectivity index is 1.67. The normalized spacial score (nSPS) is 24.3. The number of hydrogen-bond donors (Lipinski definition) is 1. The number of benzene rings is 1. The van der Waals surface area contributed by atoms with E-state index in [1.54, 1.807) is 0 Å². The van der Waals surface area contributed by atoms with E-state index in [-0.39, 0.29) is 18.2 Å². The largest absolute Gasteiger partial charge is 0.304 e. The van der Waals surface area contributed by atoms with Crippen molar-refractivity contribution in [3.63, 3.8) is 0 Å². The maximum Gasteiger partial charge on any atom is 0.252 e. The predicted octanol–water partition coefficient (Wildman–Crippen LogP) is 0.210. The summed E-state index contributed by atoms with van der Waals surface area (Å²) in [5.41, 5.74) is 3.57.